The fraction of sp³-hybridized carbons (Fsp3) is 0.471. The van der Waals surface area contributed by atoms with Crippen LogP contribution >= 0.6 is 0 Å². The van der Waals surface area contributed by atoms with Crippen molar-refractivity contribution < 1.29 is 19.0 Å². The lowest BCUT2D eigenvalue weighted by atomic mass is 10.1. The minimum atomic E-state index is 0.0951. The zero-order valence-corrected chi connectivity index (χ0v) is 13.8. The Morgan fingerprint density at radius 3 is 2.91 bits per heavy atom. The molecule has 0 spiro atoms. The van der Waals surface area contributed by atoms with Gasteiger partial charge in [-0.25, -0.2) is 0 Å². The van der Waals surface area contributed by atoms with Crippen molar-refractivity contribution in [3.63, 3.8) is 0 Å². The number of carbonyl (C=O) groups is 1. The molecule has 126 valence electrons. The summed E-state index contributed by atoms with van der Waals surface area (Å²) < 4.78 is 16.3. The molecule has 0 atom stereocenters. The van der Waals surface area contributed by atoms with Crippen molar-refractivity contribution in [2.45, 2.75) is 13.0 Å². The van der Waals surface area contributed by atoms with Crippen molar-refractivity contribution >= 4 is 11.6 Å². The lowest BCUT2D eigenvalue weighted by Gasteiger charge is -2.28. The second-order valence-electron chi connectivity index (χ2n) is 5.21. The van der Waals surface area contributed by atoms with Gasteiger partial charge in [-0.2, -0.15) is 0 Å². The highest BCUT2D eigenvalue weighted by Crippen LogP contribution is 2.38. The van der Waals surface area contributed by atoms with Gasteiger partial charge < -0.3 is 24.4 Å². The van der Waals surface area contributed by atoms with Gasteiger partial charge in [0.2, 0.25) is 5.91 Å². The summed E-state index contributed by atoms with van der Waals surface area (Å²) in [5.74, 6) is 1.39. The molecule has 0 aromatic heterocycles. The number of ether oxygens (including phenoxy) is 3. The molecule has 0 saturated carbocycles. The molecule has 1 aliphatic rings. The van der Waals surface area contributed by atoms with Crippen LogP contribution in [0.1, 0.15) is 12.0 Å². The second-order valence-corrected chi connectivity index (χ2v) is 5.21. The molecule has 6 heteroatoms. The second kappa shape index (κ2) is 8.43. The number of methoxy groups -OCH3 is 2. The highest BCUT2D eigenvalue weighted by atomic mass is 16.5. The van der Waals surface area contributed by atoms with E-state index in [0.29, 0.717) is 50.8 Å². The Labute approximate surface area is 137 Å². The molecule has 0 bridgehead atoms. The number of hydrogen-bond donors (Lipinski definition) is 1. The molecule has 1 aliphatic heterocycles. The number of fused-ring (bicyclic) bond motifs is 1. The maximum atomic E-state index is 12.3. The number of benzene rings is 1. The third kappa shape index (κ3) is 4.16. The number of amides is 1. The molecule has 1 amide bonds. The molecule has 23 heavy (non-hydrogen) atoms. The largest absolute Gasteiger partial charge is 0.493 e. The zero-order chi connectivity index (χ0) is 16.7. The van der Waals surface area contributed by atoms with Crippen molar-refractivity contribution in [1.29, 1.82) is 0 Å². The van der Waals surface area contributed by atoms with Gasteiger partial charge in [0.1, 0.15) is 6.61 Å². The van der Waals surface area contributed by atoms with Crippen LogP contribution in [0.5, 0.6) is 11.5 Å². The summed E-state index contributed by atoms with van der Waals surface area (Å²) in [4.78, 5) is 14.1. The fourth-order valence-corrected chi connectivity index (χ4v) is 2.54. The van der Waals surface area contributed by atoms with Crippen LogP contribution in [0.3, 0.4) is 0 Å². The molecule has 1 heterocycles. The van der Waals surface area contributed by atoms with E-state index in [2.05, 4.69) is 11.9 Å². The van der Waals surface area contributed by atoms with Gasteiger partial charge in [0.15, 0.2) is 11.5 Å². The smallest absolute Gasteiger partial charge is 0.224 e. The van der Waals surface area contributed by atoms with Crippen LogP contribution in [0.25, 0.3) is 0 Å². The Morgan fingerprint density at radius 2 is 2.22 bits per heavy atom. The third-order valence-electron chi connectivity index (χ3n) is 3.71. The molecule has 0 saturated heterocycles. The highest BCUT2D eigenvalue weighted by Gasteiger charge is 2.23. The molecule has 1 N–H and O–H groups in total. The molecular formula is C17H24N2O4. The molecule has 0 aliphatic carbocycles. The Hall–Kier alpha value is -2.21. The van der Waals surface area contributed by atoms with E-state index in [-0.39, 0.29) is 5.91 Å². The van der Waals surface area contributed by atoms with Crippen LogP contribution in [0.2, 0.25) is 0 Å². The molecular weight excluding hydrogens is 296 g/mol. The number of rotatable bonds is 7. The van der Waals surface area contributed by atoms with Crippen LogP contribution < -0.4 is 14.8 Å². The monoisotopic (exact) mass is 320 g/mol. The predicted molar refractivity (Wildman–Crippen MR) is 89.1 cm³/mol. The summed E-state index contributed by atoms with van der Waals surface area (Å²) in [7, 11) is 3.23. The fourth-order valence-electron chi connectivity index (χ4n) is 2.54. The van der Waals surface area contributed by atoms with Crippen LogP contribution in [0, 0.1) is 0 Å². The number of nitrogens with zero attached hydrogens (tertiary/aromatic N) is 1. The molecule has 0 unspecified atom stereocenters. The van der Waals surface area contributed by atoms with Crippen LogP contribution in [0.15, 0.2) is 24.8 Å². The predicted octanol–water partition coefficient (Wildman–Crippen LogP) is 2.05. The van der Waals surface area contributed by atoms with Gasteiger partial charge in [0.05, 0.1) is 20.3 Å². The normalized spacial score (nSPS) is 14.3. The minimum absolute atomic E-state index is 0.0951. The van der Waals surface area contributed by atoms with Gasteiger partial charge in [0, 0.05) is 37.9 Å². The maximum absolute atomic E-state index is 12.3. The SMILES string of the molecule is C=CCOc1c(OC)ccc2c1CN(CCOC)C(=O)CCN2. The standard InChI is InChI=1S/C17H24N2O4/c1-4-10-23-17-13-12-19(9-11-21-2)16(20)7-8-18-14(13)5-6-15(17)22-3/h4-6,18H,1,7-12H2,2-3H3. The first kappa shape index (κ1) is 17.1. The van der Waals surface area contributed by atoms with Crippen molar-refractivity contribution in [3.8, 4) is 11.5 Å². The first-order valence-electron chi connectivity index (χ1n) is 7.65. The molecule has 2 rings (SSSR count). The summed E-state index contributed by atoms with van der Waals surface area (Å²) in [6.07, 6.45) is 2.14. The van der Waals surface area contributed by atoms with Gasteiger partial charge in [-0.1, -0.05) is 12.7 Å². The zero-order valence-electron chi connectivity index (χ0n) is 13.8. The van der Waals surface area contributed by atoms with E-state index in [1.807, 2.05) is 12.1 Å². The topological polar surface area (TPSA) is 60.0 Å². The van der Waals surface area contributed by atoms with E-state index in [1.54, 1.807) is 25.2 Å². The van der Waals surface area contributed by atoms with E-state index < -0.39 is 0 Å². The lowest BCUT2D eigenvalue weighted by molar-refractivity contribution is -0.132. The van der Waals surface area contributed by atoms with Gasteiger partial charge in [-0.05, 0) is 12.1 Å². The van der Waals surface area contributed by atoms with Gasteiger partial charge in [-0.3, -0.25) is 4.79 Å². The molecule has 1 aromatic rings. The highest BCUT2D eigenvalue weighted by molar-refractivity contribution is 5.78. The van der Waals surface area contributed by atoms with Crippen molar-refractivity contribution in [1.82, 2.24) is 4.90 Å². The van der Waals surface area contributed by atoms with Gasteiger partial charge in [0.25, 0.3) is 0 Å². The quantitative estimate of drug-likeness (QED) is 0.779. The van der Waals surface area contributed by atoms with Crippen LogP contribution in [-0.2, 0) is 16.1 Å². The van der Waals surface area contributed by atoms with Gasteiger partial charge in [-0.15, -0.1) is 0 Å². The van der Waals surface area contributed by atoms with Crippen LogP contribution in [0.4, 0.5) is 5.69 Å². The van der Waals surface area contributed by atoms with E-state index in [4.69, 9.17) is 14.2 Å². The van der Waals surface area contributed by atoms with E-state index in [0.717, 1.165) is 11.3 Å². The Balaban J connectivity index is 2.38. The Bertz CT molecular complexity index is 560. The number of anilines is 1. The summed E-state index contributed by atoms with van der Waals surface area (Å²) in [6.45, 7) is 6.14. The van der Waals surface area contributed by atoms with Crippen molar-refractivity contribution in [2.24, 2.45) is 0 Å². The average Bonchev–Trinajstić information content (AvgIpc) is 2.55. The first-order valence-corrected chi connectivity index (χ1v) is 7.65. The lowest BCUT2D eigenvalue weighted by Crippen LogP contribution is -2.36. The number of nitrogens with one attached hydrogen (secondary N) is 1. The van der Waals surface area contributed by atoms with Gasteiger partial charge >= 0.3 is 0 Å². The summed E-state index contributed by atoms with van der Waals surface area (Å²) in [5.41, 5.74) is 1.87. The molecule has 0 fully saturated rings. The molecule has 6 nitrogen and oxygen atoms in total. The van der Waals surface area contributed by atoms with E-state index in [9.17, 15) is 4.79 Å². The van der Waals surface area contributed by atoms with E-state index in [1.165, 1.54) is 0 Å². The van der Waals surface area contributed by atoms with Crippen molar-refractivity contribution in [2.75, 3.05) is 45.8 Å². The maximum Gasteiger partial charge on any atom is 0.224 e. The third-order valence-corrected chi connectivity index (χ3v) is 3.71. The van der Waals surface area contributed by atoms with Crippen molar-refractivity contribution in [3.05, 3.63) is 30.4 Å². The number of hydrogen-bond acceptors (Lipinski definition) is 5. The average molecular weight is 320 g/mol. The molecule has 1 aromatic carbocycles. The van der Waals surface area contributed by atoms with E-state index >= 15 is 0 Å². The summed E-state index contributed by atoms with van der Waals surface area (Å²) in [6, 6.07) is 3.83. The minimum Gasteiger partial charge on any atom is -0.493 e. The Morgan fingerprint density at radius 1 is 1.39 bits per heavy atom. The number of carbonyl (C=O) groups excluding carboxylic acids is 1. The summed E-state index contributed by atoms with van der Waals surface area (Å²) in [5, 5.41) is 3.30. The molecule has 0 radical (unpaired) electrons. The Kier molecular flexibility index (Phi) is 6.29. The summed E-state index contributed by atoms with van der Waals surface area (Å²) >= 11 is 0. The first-order chi connectivity index (χ1) is 11.2. The van der Waals surface area contributed by atoms with Crippen LogP contribution in [-0.4, -0.2) is 51.3 Å².